The van der Waals surface area contributed by atoms with E-state index in [1.807, 2.05) is 13.8 Å². The largest absolute Gasteiger partial charge is 0.274 e. The first-order valence-corrected chi connectivity index (χ1v) is 6.64. The molecule has 1 atom stereocenters. The summed E-state index contributed by atoms with van der Waals surface area (Å²) in [5, 5.41) is 0. The minimum atomic E-state index is -3.40. The van der Waals surface area contributed by atoms with Crippen molar-refractivity contribution in [2.45, 2.75) is 33.1 Å². The molecular formula is C9H17NO3S. The van der Waals surface area contributed by atoms with E-state index in [-0.39, 0.29) is 23.5 Å². The van der Waals surface area contributed by atoms with Crippen LogP contribution in [0.15, 0.2) is 0 Å². The summed E-state index contributed by atoms with van der Waals surface area (Å²) in [6, 6.07) is 0. The molecule has 14 heavy (non-hydrogen) atoms. The first-order valence-electron chi connectivity index (χ1n) is 4.99. The molecule has 1 fully saturated rings. The minimum Gasteiger partial charge on any atom is -0.274 e. The highest BCUT2D eigenvalue weighted by Crippen LogP contribution is 2.29. The van der Waals surface area contributed by atoms with Gasteiger partial charge in [-0.25, -0.2) is 8.42 Å². The highest BCUT2D eigenvalue weighted by Gasteiger charge is 2.32. The molecule has 1 rings (SSSR count). The van der Waals surface area contributed by atoms with Gasteiger partial charge in [0.1, 0.15) is 0 Å². The van der Waals surface area contributed by atoms with E-state index < -0.39 is 10.0 Å². The molecule has 0 radical (unpaired) electrons. The summed E-state index contributed by atoms with van der Waals surface area (Å²) in [6.45, 7) is 3.80. The van der Waals surface area contributed by atoms with Crippen LogP contribution >= 0.6 is 0 Å². The third kappa shape index (κ3) is 3.65. The highest BCUT2D eigenvalue weighted by molar-refractivity contribution is 7.90. The van der Waals surface area contributed by atoms with Crippen molar-refractivity contribution < 1.29 is 13.2 Å². The van der Waals surface area contributed by atoms with Gasteiger partial charge in [-0.3, -0.25) is 9.52 Å². The minimum absolute atomic E-state index is 0.0436. The van der Waals surface area contributed by atoms with Crippen LogP contribution in [0.4, 0.5) is 0 Å². The molecule has 0 aliphatic heterocycles. The molecule has 0 aromatic heterocycles. The third-order valence-electron chi connectivity index (χ3n) is 2.41. The second kappa shape index (κ2) is 4.29. The van der Waals surface area contributed by atoms with Crippen LogP contribution in [0.2, 0.25) is 0 Å². The van der Waals surface area contributed by atoms with E-state index in [0.29, 0.717) is 0 Å². The summed E-state index contributed by atoms with van der Waals surface area (Å²) in [4.78, 5) is 11.2. The van der Waals surface area contributed by atoms with Crippen molar-refractivity contribution in [2.75, 3.05) is 5.75 Å². The van der Waals surface area contributed by atoms with Crippen molar-refractivity contribution in [3.63, 3.8) is 0 Å². The van der Waals surface area contributed by atoms with E-state index in [1.165, 1.54) is 0 Å². The van der Waals surface area contributed by atoms with Crippen LogP contribution in [0, 0.1) is 11.8 Å². The Morgan fingerprint density at radius 2 is 2.07 bits per heavy atom. The van der Waals surface area contributed by atoms with Crippen LogP contribution < -0.4 is 4.72 Å². The van der Waals surface area contributed by atoms with Gasteiger partial charge in [0.05, 0.1) is 5.75 Å². The van der Waals surface area contributed by atoms with Gasteiger partial charge in [0, 0.05) is 5.92 Å². The van der Waals surface area contributed by atoms with E-state index in [2.05, 4.69) is 4.72 Å². The SMILES string of the molecule is CCC(C)CS(=O)(=O)NC(=O)C1CC1. The second-order valence-corrected chi connectivity index (χ2v) is 5.80. The summed E-state index contributed by atoms with van der Waals surface area (Å²) < 4.78 is 24.9. The molecule has 0 bridgehead atoms. The van der Waals surface area contributed by atoms with Crippen molar-refractivity contribution in [1.82, 2.24) is 4.72 Å². The molecule has 1 saturated carbocycles. The quantitative estimate of drug-likeness (QED) is 0.747. The Labute approximate surface area is 85.1 Å². The zero-order valence-electron chi connectivity index (χ0n) is 8.62. The summed E-state index contributed by atoms with van der Waals surface area (Å²) >= 11 is 0. The van der Waals surface area contributed by atoms with E-state index >= 15 is 0 Å². The monoisotopic (exact) mass is 219 g/mol. The van der Waals surface area contributed by atoms with Crippen LogP contribution in [-0.2, 0) is 14.8 Å². The van der Waals surface area contributed by atoms with Gasteiger partial charge in [-0.05, 0) is 18.8 Å². The zero-order chi connectivity index (χ0) is 10.8. The Morgan fingerprint density at radius 1 is 1.50 bits per heavy atom. The van der Waals surface area contributed by atoms with E-state index in [9.17, 15) is 13.2 Å². The average Bonchev–Trinajstić information content (AvgIpc) is 2.84. The Morgan fingerprint density at radius 3 is 2.50 bits per heavy atom. The normalized spacial score (nSPS) is 19.0. The van der Waals surface area contributed by atoms with Gasteiger partial charge >= 0.3 is 0 Å². The summed E-state index contributed by atoms with van der Waals surface area (Å²) in [5.74, 6) is -0.239. The lowest BCUT2D eigenvalue weighted by atomic mass is 10.2. The van der Waals surface area contributed by atoms with Gasteiger partial charge in [-0.15, -0.1) is 0 Å². The Kier molecular flexibility index (Phi) is 3.53. The van der Waals surface area contributed by atoms with Crippen molar-refractivity contribution in [2.24, 2.45) is 11.8 Å². The zero-order valence-corrected chi connectivity index (χ0v) is 9.43. The van der Waals surface area contributed by atoms with Gasteiger partial charge in [-0.2, -0.15) is 0 Å². The molecule has 5 heteroatoms. The maximum atomic E-state index is 11.4. The Balaban J connectivity index is 2.44. The predicted molar refractivity (Wildman–Crippen MR) is 54.1 cm³/mol. The number of nitrogens with one attached hydrogen (secondary N) is 1. The van der Waals surface area contributed by atoms with E-state index in [0.717, 1.165) is 19.3 Å². The molecule has 1 aliphatic carbocycles. The van der Waals surface area contributed by atoms with Crippen molar-refractivity contribution in [3.05, 3.63) is 0 Å². The number of amides is 1. The fraction of sp³-hybridized carbons (Fsp3) is 0.889. The van der Waals surface area contributed by atoms with Crippen LogP contribution in [0.5, 0.6) is 0 Å². The maximum Gasteiger partial charge on any atom is 0.236 e. The predicted octanol–water partition coefficient (Wildman–Crippen LogP) is 0.889. The molecule has 4 nitrogen and oxygen atoms in total. The average molecular weight is 219 g/mol. The molecule has 0 heterocycles. The topological polar surface area (TPSA) is 63.2 Å². The number of hydrogen-bond donors (Lipinski definition) is 1. The Hall–Kier alpha value is -0.580. The fourth-order valence-electron chi connectivity index (χ4n) is 1.12. The number of hydrogen-bond acceptors (Lipinski definition) is 3. The van der Waals surface area contributed by atoms with Gasteiger partial charge in [0.2, 0.25) is 15.9 Å². The highest BCUT2D eigenvalue weighted by atomic mass is 32.2. The molecule has 82 valence electrons. The summed E-state index contributed by atoms with van der Waals surface area (Å²) in [6.07, 6.45) is 2.45. The van der Waals surface area contributed by atoms with Crippen molar-refractivity contribution in [3.8, 4) is 0 Å². The number of carbonyl (C=O) groups excluding carboxylic acids is 1. The molecule has 0 spiro atoms. The van der Waals surface area contributed by atoms with Gasteiger partial charge in [-0.1, -0.05) is 20.3 Å². The molecule has 1 unspecified atom stereocenters. The molecule has 0 saturated heterocycles. The second-order valence-electron chi connectivity index (χ2n) is 4.04. The first kappa shape index (κ1) is 11.5. The molecular weight excluding hydrogens is 202 g/mol. The van der Waals surface area contributed by atoms with E-state index in [1.54, 1.807) is 0 Å². The smallest absolute Gasteiger partial charge is 0.236 e. The summed E-state index contributed by atoms with van der Waals surface area (Å²) in [5.41, 5.74) is 0. The summed E-state index contributed by atoms with van der Waals surface area (Å²) in [7, 11) is -3.40. The molecule has 1 amide bonds. The van der Waals surface area contributed by atoms with Gasteiger partial charge < -0.3 is 0 Å². The fourth-order valence-corrected chi connectivity index (χ4v) is 2.66. The lowest BCUT2D eigenvalue weighted by molar-refractivity contribution is -0.120. The third-order valence-corrected chi connectivity index (χ3v) is 3.93. The first-order chi connectivity index (χ1) is 6.44. The number of rotatable bonds is 5. The van der Waals surface area contributed by atoms with Gasteiger partial charge in [0.25, 0.3) is 0 Å². The lowest BCUT2D eigenvalue weighted by Crippen LogP contribution is -2.35. The van der Waals surface area contributed by atoms with Crippen LogP contribution in [0.25, 0.3) is 0 Å². The van der Waals surface area contributed by atoms with Crippen LogP contribution in [-0.4, -0.2) is 20.1 Å². The van der Waals surface area contributed by atoms with Crippen LogP contribution in [0.1, 0.15) is 33.1 Å². The maximum absolute atomic E-state index is 11.4. The molecule has 1 aliphatic rings. The van der Waals surface area contributed by atoms with E-state index in [4.69, 9.17) is 0 Å². The van der Waals surface area contributed by atoms with Crippen molar-refractivity contribution >= 4 is 15.9 Å². The molecule has 0 aromatic carbocycles. The lowest BCUT2D eigenvalue weighted by Gasteiger charge is -2.10. The number of carbonyl (C=O) groups is 1. The standard InChI is InChI=1S/C9H17NO3S/c1-3-7(2)6-14(12,13)10-9(11)8-4-5-8/h7-8H,3-6H2,1-2H3,(H,10,11). The molecule has 1 N–H and O–H groups in total. The van der Waals surface area contributed by atoms with Gasteiger partial charge in [0.15, 0.2) is 0 Å². The van der Waals surface area contributed by atoms with Crippen molar-refractivity contribution in [1.29, 1.82) is 0 Å². The van der Waals surface area contributed by atoms with Crippen LogP contribution in [0.3, 0.4) is 0 Å². The molecule has 0 aromatic rings. The Bertz CT molecular complexity index is 306. The number of sulfonamides is 1.